The van der Waals surface area contributed by atoms with Crippen molar-refractivity contribution in [2.45, 2.75) is 51.0 Å². The maximum atomic E-state index is 13.6. The Morgan fingerprint density at radius 3 is 2.41 bits per heavy atom. The molecule has 1 fully saturated rings. The van der Waals surface area contributed by atoms with E-state index in [2.05, 4.69) is 5.32 Å². The smallest absolute Gasteiger partial charge is 0.341 e. The van der Waals surface area contributed by atoms with Gasteiger partial charge in [0.15, 0.2) is 6.61 Å². The summed E-state index contributed by atoms with van der Waals surface area (Å²) in [5, 5.41) is 12.2. The molecule has 0 aromatic heterocycles. The van der Waals surface area contributed by atoms with Crippen LogP contribution in [0.15, 0.2) is 72.8 Å². The maximum absolute atomic E-state index is 13.6. The van der Waals surface area contributed by atoms with Gasteiger partial charge in [0.25, 0.3) is 0 Å². The molecule has 0 bridgehead atoms. The first-order valence-corrected chi connectivity index (χ1v) is 12.1. The number of hydrogen-bond acceptors (Lipinski definition) is 5. The summed E-state index contributed by atoms with van der Waals surface area (Å²) < 4.78 is 31.7. The molecular formula is C29H30FNO6. The Hall–Kier alpha value is -3.91. The van der Waals surface area contributed by atoms with Gasteiger partial charge >= 0.3 is 5.97 Å². The summed E-state index contributed by atoms with van der Waals surface area (Å²) >= 11 is 0. The van der Waals surface area contributed by atoms with Gasteiger partial charge in [0.2, 0.25) is 5.91 Å². The number of amides is 1. The SMILES string of the molecule is CC(=O)N[C@]1(C)C[C@@H](c2ccc(F)cc2)O[C@@H](c2cc(OCc3ccccc3)ccc2OCC(=O)O)C1. The molecule has 3 atom stereocenters. The molecule has 194 valence electrons. The molecule has 0 spiro atoms. The van der Waals surface area contributed by atoms with Gasteiger partial charge in [0.1, 0.15) is 23.9 Å². The Labute approximate surface area is 215 Å². The molecule has 1 amide bonds. The number of carboxylic acid groups (broad SMARTS) is 1. The summed E-state index contributed by atoms with van der Waals surface area (Å²) in [5.74, 6) is -0.719. The molecule has 1 heterocycles. The number of ether oxygens (including phenoxy) is 3. The van der Waals surface area contributed by atoms with E-state index >= 15 is 0 Å². The second-order valence-corrected chi connectivity index (χ2v) is 9.47. The van der Waals surface area contributed by atoms with E-state index in [1.807, 2.05) is 37.3 Å². The van der Waals surface area contributed by atoms with Crippen molar-refractivity contribution in [3.05, 3.63) is 95.3 Å². The molecule has 37 heavy (non-hydrogen) atoms. The largest absolute Gasteiger partial charge is 0.489 e. The highest BCUT2D eigenvalue weighted by Crippen LogP contribution is 2.46. The number of nitrogens with one attached hydrogen (secondary N) is 1. The normalized spacial score (nSPS) is 21.2. The number of carbonyl (C=O) groups is 2. The molecule has 0 saturated carbocycles. The van der Waals surface area contributed by atoms with E-state index in [9.17, 15) is 19.1 Å². The summed E-state index contributed by atoms with van der Waals surface area (Å²) in [5.41, 5.74) is 1.74. The van der Waals surface area contributed by atoms with Crippen molar-refractivity contribution < 1.29 is 33.3 Å². The first-order chi connectivity index (χ1) is 17.7. The predicted octanol–water partition coefficient (Wildman–Crippen LogP) is 5.36. The van der Waals surface area contributed by atoms with Crippen molar-refractivity contribution in [1.82, 2.24) is 5.32 Å². The first kappa shape index (κ1) is 26.2. The van der Waals surface area contributed by atoms with Gasteiger partial charge in [0.05, 0.1) is 12.2 Å². The van der Waals surface area contributed by atoms with Crippen LogP contribution in [0, 0.1) is 5.82 Å². The van der Waals surface area contributed by atoms with Crippen LogP contribution in [0.1, 0.15) is 55.6 Å². The van der Waals surface area contributed by atoms with Gasteiger partial charge in [0, 0.05) is 30.9 Å². The second kappa shape index (κ2) is 11.4. The molecule has 1 aliphatic heterocycles. The van der Waals surface area contributed by atoms with E-state index < -0.39 is 30.3 Å². The molecule has 1 saturated heterocycles. The third-order valence-electron chi connectivity index (χ3n) is 6.25. The third kappa shape index (κ3) is 7.07. The average molecular weight is 508 g/mol. The van der Waals surface area contributed by atoms with Crippen LogP contribution in [-0.2, 0) is 20.9 Å². The van der Waals surface area contributed by atoms with Gasteiger partial charge in [-0.3, -0.25) is 4.79 Å². The Morgan fingerprint density at radius 1 is 1.03 bits per heavy atom. The molecular weight excluding hydrogens is 477 g/mol. The molecule has 1 aliphatic rings. The number of rotatable bonds is 9. The topological polar surface area (TPSA) is 94.1 Å². The second-order valence-electron chi connectivity index (χ2n) is 9.47. The Balaban J connectivity index is 1.67. The third-order valence-corrected chi connectivity index (χ3v) is 6.25. The lowest BCUT2D eigenvalue weighted by atomic mass is 9.81. The number of aliphatic carboxylic acids is 1. The van der Waals surface area contributed by atoms with Gasteiger partial charge in [-0.1, -0.05) is 42.5 Å². The Morgan fingerprint density at radius 2 is 1.73 bits per heavy atom. The van der Waals surface area contributed by atoms with E-state index in [0.717, 1.165) is 11.1 Å². The van der Waals surface area contributed by atoms with Gasteiger partial charge < -0.3 is 24.6 Å². The molecule has 7 nitrogen and oxygen atoms in total. The number of carboxylic acids is 1. The Bertz CT molecular complexity index is 1230. The number of halogens is 1. The number of hydrogen-bond donors (Lipinski definition) is 2. The minimum atomic E-state index is -1.10. The molecule has 3 aromatic carbocycles. The van der Waals surface area contributed by atoms with Crippen molar-refractivity contribution in [2.75, 3.05) is 6.61 Å². The predicted molar refractivity (Wildman–Crippen MR) is 135 cm³/mol. The van der Waals surface area contributed by atoms with Crippen LogP contribution >= 0.6 is 0 Å². The highest BCUT2D eigenvalue weighted by molar-refractivity contribution is 5.73. The molecule has 3 aromatic rings. The van der Waals surface area contributed by atoms with Gasteiger partial charge in [-0.25, -0.2) is 9.18 Å². The van der Waals surface area contributed by atoms with Crippen molar-refractivity contribution in [3.8, 4) is 11.5 Å². The average Bonchev–Trinajstić information content (AvgIpc) is 2.86. The molecule has 4 rings (SSSR count). The first-order valence-electron chi connectivity index (χ1n) is 12.1. The number of benzene rings is 3. The molecule has 2 N–H and O–H groups in total. The lowest BCUT2D eigenvalue weighted by Gasteiger charge is -2.43. The van der Waals surface area contributed by atoms with E-state index in [1.165, 1.54) is 19.1 Å². The van der Waals surface area contributed by atoms with Gasteiger partial charge in [-0.15, -0.1) is 0 Å². The highest BCUT2D eigenvalue weighted by Gasteiger charge is 2.41. The van der Waals surface area contributed by atoms with Crippen molar-refractivity contribution in [2.24, 2.45) is 0 Å². The van der Waals surface area contributed by atoms with E-state index in [-0.39, 0.29) is 11.7 Å². The minimum absolute atomic E-state index is 0.177. The minimum Gasteiger partial charge on any atom is -0.489 e. The van der Waals surface area contributed by atoms with Crippen LogP contribution in [0.3, 0.4) is 0 Å². The van der Waals surface area contributed by atoms with Crippen LogP contribution in [0.2, 0.25) is 0 Å². The van der Waals surface area contributed by atoms with E-state index in [4.69, 9.17) is 14.2 Å². The zero-order valence-corrected chi connectivity index (χ0v) is 20.8. The zero-order chi connectivity index (χ0) is 26.4. The van der Waals surface area contributed by atoms with Crippen LogP contribution in [-0.4, -0.2) is 29.1 Å². The van der Waals surface area contributed by atoms with E-state index in [0.29, 0.717) is 36.5 Å². The van der Waals surface area contributed by atoms with E-state index in [1.54, 1.807) is 30.3 Å². The molecule has 0 aliphatic carbocycles. The maximum Gasteiger partial charge on any atom is 0.341 e. The molecule has 8 heteroatoms. The van der Waals surface area contributed by atoms with Crippen LogP contribution in [0.25, 0.3) is 0 Å². The van der Waals surface area contributed by atoms with Crippen molar-refractivity contribution in [1.29, 1.82) is 0 Å². The number of carbonyl (C=O) groups excluding carboxylic acids is 1. The molecule has 0 radical (unpaired) electrons. The molecule has 0 unspecified atom stereocenters. The van der Waals surface area contributed by atoms with Crippen LogP contribution in [0.5, 0.6) is 11.5 Å². The summed E-state index contributed by atoms with van der Waals surface area (Å²) in [6.45, 7) is 3.23. The van der Waals surface area contributed by atoms with Crippen molar-refractivity contribution >= 4 is 11.9 Å². The van der Waals surface area contributed by atoms with Gasteiger partial charge in [-0.2, -0.15) is 0 Å². The van der Waals surface area contributed by atoms with Crippen molar-refractivity contribution in [3.63, 3.8) is 0 Å². The fraction of sp³-hybridized carbons (Fsp3) is 0.310. The highest BCUT2D eigenvalue weighted by atomic mass is 19.1. The van der Waals surface area contributed by atoms with Crippen LogP contribution in [0.4, 0.5) is 4.39 Å². The fourth-order valence-electron chi connectivity index (χ4n) is 4.66. The Kier molecular flexibility index (Phi) is 8.08. The monoisotopic (exact) mass is 507 g/mol. The summed E-state index contributed by atoms with van der Waals surface area (Å²) in [6, 6.07) is 21.0. The lowest BCUT2D eigenvalue weighted by molar-refractivity contribution is -0.139. The quantitative estimate of drug-likeness (QED) is 0.405. The standard InChI is InChI=1S/C29H30FNO6/c1-19(32)31-29(2)15-26(21-8-10-22(30)11-9-21)37-27(16-29)24-14-23(12-13-25(24)36-18-28(33)34)35-17-20-6-4-3-5-7-20/h3-14,26-27H,15-18H2,1-2H3,(H,31,32)(H,33,34)/t26-,27+,29+/m0/s1. The fourth-order valence-corrected chi connectivity index (χ4v) is 4.66. The zero-order valence-electron chi connectivity index (χ0n) is 20.8. The summed E-state index contributed by atoms with van der Waals surface area (Å²) in [6.07, 6.45) is -0.123. The summed E-state index contributed by atoms with van der Waals surface area (Å²) in [7, 11) is 0. The van der Waals surface area contributed by atoms with Crippen LogP contribution < -0.4 is 14.8 Å². The van der Waals surface area contributed by atoms with Gasteiger partial charge in [-0.05, 0) is 48.4 Å². The summed E-state index contributed by atoms with van der Waals surface area (Å²) in [4.78, 5) is 23.3. The lowest BCUT2D eigenvalue weighted by Crippen LogP contribution is -2.50.